The lowest BCUT2D eigenvalue weighted by atomic mass is 10.3. The maximum Gasteiger partial charge on any atom is 0.240 e. The highest BCUT2D eigenvalue weighted by Crippen LogP contribution is 2.19. The highest BCUT2D eigenvalue weighted by atomic mass is 32.2. The van der Waals surface area contributed by atoms with E-state index in [1.54, 1.807) is 12.1 Å². The first-order valence-electron chi connectivity index (χ1n) is 6.47. The summed E-state index contributed by atoms with van der Waals surface area (Å²) in [5, 5.41) is 14.3. The van der Waals surface area contributed by atoms with E-state index in [1.807, 2.05) is 5.38 Å². The van der Waals surface area contributed by atoms with Gasteiger partial charge < -0.3 is 10.4 Å². The standard InChI is InChI=1S/C14H16N2O4S2/c1-10(17)16-11-4-6-12(7-5-11)22(19,20)15-9-13(18)14-3-2-8-21-14/h2-8,13,15,18H,9H2,1H3,(H,16,17)/t13-/m0/s1. The lowest BCUT2D eigenvalue weighted by Crippen LogP contribution is -2.28. The van der Waals surface area contributed by atoms with Crippen molar-refractivity contribution in [3.8, 4) is 0 Å². The Hall–Kier alpha value is -1.74. The summed E-state index contributed by atoms with van der Waals surface area (Å²) in [4.78, 5) is 11.7. The molecular formula is C14H16N2O4S2. The summed E-state index contributed by atoms with van der Waals surface area (Å²) in [6, 6.07) is 9.33. The zero-order valence-electron chi connectivity index (χ0n) is 11.8. The molecule has 1 amide bonds. The number of anilines is 1. The van der Waals surface area contributed by atoms with Gasteiger partial charge in [-0.1, -0.05) is 6.07 Å². The van der Waals surface area contributed by atoms with Gasteiger partial charge in [-0.15, -0.1) is 11.3 Å². The van der Waals surface area contributed by atoms with E-state index in [-0.39, 0.29) is 17.3 Å². The van der Waals surface area contributed by atoms with Gasteiger partial charge in [0.2, 0.25) is 15.9 Å². The van der Waals surface area contributed by atoms with Crippen LogP contribution in [0.4, 0.5) is 5.69 Å². The number of amides is 1. The van der Waals surface area contributed by atoms with Crippen molar-refractivity contribution in [2.24, 2.45) is 0 Å². The molecule has 0 aliphatic carbocycles. The van der Waals surface area contributed by atoms with Crippen LogP contribution in [0.15, 0.2) is 46.7 Å². The number of benzene rings is 1. The highest BCUT2D eigenvalue weighted by Gasteiger charge is 2.17. The normalized spacial score (nSPS) is 12.8. The molecule has 2 aromatic rings. The van der Waals surface area contributed by atoms with E-state index < -0.39 is 16.1 Å². The van der Waals surface area contributed by atoms with E-state index in [2.05, 4.69) is 10.0 Å². The van der Waals surface area contributed by atoms with Crippen molar-refractivity contribution in [3.05, 3.63) is 46.7 Å². The lowest BCUT2D eigenvalue weighted by molar-refractivity contribution is -0.114. The second-order valence-corrected chi connectivity index (χ2v) is 7.33. The smallest absolute Gasteiger partial charge is 0.240 e. The molecule has 6 nitrogen and oxygen atoms in total. The van der Waals surface area contributed by atoms with Crippen LogP contribution in [0.1, 0.15) is 17.9 Å². The molecule has 0 aliphatic rings. The number of carbonyl (C=O) groups excluding carboxylic acids is 1. The third-order valence-corrected chi connectivity index (χ3v) is 5.24. The molecule has 3 N–H and O–H groups in total. The predicted octanol–water partition coefficient (Wildman–Crippen LogP) is 1.72. The zero-order chi connectivity index (χ0) is 16.2. The van der Waals surface area contributed by atoms with Crippen LogP contribution in [0.2, 0.25) is 0 Å². The molecular weight excluding hydrogens is 324 g/mol. The van der Waals surface area contributed by atoms with Crippen molar-refractivity contribution < 1.29 is 18.3 Å². The molecule has 0 bridgehead atoms. The summed E-state index contributed by atoms with van der Waals surface area (Å²) in [5.74, 6) is -0.229. The Morgan fingerprint density at radius 3 is 2.50 bits per heavy atom. The lowest BCUT2D eigenvalue weighted by Gasteiger charge is -2.11. The maximum atomic E-state index is 12.1. The zero-order valence-corrected chi connectivity index (χ0v) is 13.4. The number of hydrogen-bond donors (Lipinski definition) is 3. The Morgan fingerprint density at radius 1 is 1.27 bits per heavy atom. The van der Waals surface area contributed by atoms with Gasteiger partial charge in [-0.05, 0) is 35.7 Å². The minimum absolute atomic E-state index is 0.0694. The van der Waals surface area contributed by atoms with Crippen molar-refractivity contribution in [2.45, 2.75) is 17.9 Å². The van der Waals surface area contributed by atoms with Gasteiger partial charge in [-0.2, -0.15) is 0 Å². The number of aliphatic hydroxyl groups is 1. The summed E-state index contributed by atoms with van der Waals surface area (Å²) < 4.78 is 26.6. The van der Waals surface area contributed by atoms with E-state index in [9.17, 15) is 18.3 Å². The van der Waals surface area contributed by atoms with Gasteiger partial charge in [-0.3, -0.25) is 4.79 Å². The fraction of sp³-hybridized carbons (Fsp3) is 0.214. The SMILES string of the molecule is CC(=O)Nc1ccc(S(=O)(=O)NC[C@H](O)c2cccs2)cc1. The van der Waals surface area contributed by atoms with Crippen LogP contribution in [0.25, 0.3) is 0 Å². The number of carbonyl (C=O) groups is 1. The largest absolute Gasteiger partial charge is 0.386 e. The molecule has 0 aliphatic heterocycles. The van der Waals surface area contributed by atoms with E-state index in [1.165, 1.54) is 42.5 Å². The summed E-state index contributed by atoms with van der Waals surface area (Å²) in [6.07, 6.45) is -0.881. The Bertz CT molecular complexity index is 725. The van der Waals surface area contributed by atoms with Crippen LogP contribution in [0, 0.1) is 0 Å². The molecule has 1 heterocycles. The molecule has 2 rings (SSSR count). The molecule has 0 fully saturated rings. The van der Waals surface area contributed by atoms with Crippen LogP contribution >= 0.6 is 11.3 Å². The molecule has 1 aromatic carbocycles. The maximum absolute atomic E-state index is 12.1. The van der Waals surface area contributed by atoms with Gasteiger partial charge in [0, 0.05) is 24.0 Å². The first-order chi connectivity index (χ1) is 10.4. The average Bonchev–Trinajstić information content (AvgIpc) is 2.99. The first-order valence-corrected chi connectivity index (χ1v) is 8.83. The second kappa shape index (κ2) is 7.01. The summed E-state index contributed by atoms with van der Waals surface area (Å²) in [5.41, 5.74) is 0.519. The Kier molecular flexibility index (Phi) is 5.30. The van der Waals surface area contributed by atoms with Crippen molar-refractivity contribution in [1.29, 1.82) is 0 Å². The third kappa shape index (κ3) is 4.38. The van der Waals surface area contributed by atoms with Crippen LogP contribution in [-0.4, -0.2) is 26.0 Å². The molecule has 0 radical (unpaired) electrons. The molecule has 0 unspecified atom stereocenters. The topological polar surface area (TPSA) is 95.5 Å². The van der Waals surface area contributed by atoms with Crippen LogP contribution in [0.5, 0.6) is 0 Å². The van der Waals surface area contributed by atoms with Crippen molar-refractivity contribution in [3.63, 3.8) is 0 Å². The Labute approximate surface area is 132 Å². The number of sulfonamides is 1. The van der Waals surface area contributed by atoms with E-state index in [0.29, 0.717) is 10.6 Å². The van der Waals surface area contributed by atoms with Gasteiger partial charge in [-0.25, -0.2) is 13.1 Å². The number of aliphatic hydroxyl groups excluding tert-OH is 1. The molecule has 118 valence electrons. The molecule has 0 spiro atoms. The van der Waals surface area contributed by atoms with Gasteiger partial charge in [0.25, 0.3) is 0 Å². The number of nitrogens with one attached hydrogen (secondary N) is 2. The minimum atomic E-state index is -3.71. The van der Waals surface area contributed by atoms with E-state index in [4.69, 9.17) is 0 Å². The van der Waals surface area contributed by atoms with Gasteiger partial charge in [0.1, 0.15) is 6.10 Å². The number of rotatable bonds is 6. The van der Waals surface area contributed by atoms with Crippen molar-refractivity contribution >= 4 is 33.0 Å². The molecule has 1 aromatic heterocycles. The molecule has 8 heteroatoms. The fourth-order valence-electron chi connectivity index (χ4n) is 1.77. The highest BCUT2D eigenvalue weighted by molar-refractivity contribution is 7.89. The van der Waals surface area contributed by atoms with Gasteiger partial charge >= 0.3 is 0 Å². The third-order valence-electron chi connectivity index (χ3n) is 2.82. The van der Waals surface area contributed by atoms with Crippen LogP contribution in [-0.2, 0) is 14.8 Å². The average molecular weight is 340 g/mol. The van der Waals surface area contributed by atoms with E-state index in [0.717, 1.165) is 0 Å². The second-order valence-electron chi connectivity index (χ2n) is 4.59. The molecule has 1 atom stereocenters. The first kappa shape index (κ1) is 16.6. The minimum Gasteiger partial charge on any atom is -0.386 e. The molecule has 0 saturated carbocycles. The van der Waals surface area contributed by atoms with Gasteiger partial charge in [0.15, 0.2) is 0 Å². The van der Waals surface area contributed by atoms with Crippen LogP contribution < -0.4 is 10.0 Å². The van der Waals surface area contributed by atoms with Crippen molar-refractivity contribution in [2.75, 3.05) is 11.9 Å². The van der Waals surface area contributed by atoms with Crippen molar-refractivity contribution in [1.82, 2.24) is 4.72 Å². The summed E-state index contributed by atoms with van der Waals surface area (Å²) in [7, 11) is -3.71. The predicted molar refractivity (Wildman–Crippen MR) is 85.2 cm³/mol. The monoisotopic (exact) mass is 340 g/mol. The quantitative estimate of drug-likeness (QED) is 0.746. The number of thiophene rings is 1. The van der Waals surface area contributed by atoms with Gasteiger partial charge in [0.05, 0.1) is 4.90 Å². The number of hydrogen-bond acceptors (Lipinski definition) is 5. The fourth-order valence-corrected chi connectivity index (χ4v) is 3.52. The summed E-state index contributed by atoms with van der Waals surface area (Å²) in [6.45, 7) is 1.27. The van der Waals surface area contributed by atoms with Crippen LogP contribution in [0.3, 0.4) is 0 Å². The Balaban J connectivity index is 2.02. The van der Waals surface area contributed by atoms with E-state index >= 15 is 0 Å². The Morgan fingerprint density at radius 2 is 1.95 bits per heavy atom. The molecule has 22 heavy (non-hydrogen) atoms. The molecule has 0 saturated heterocycles. The summed E-state index contributed by atoms with van der Waals surface area (Å²) >= 11 is 1.36.